The molecule has 0 spiro atoms. The van der Waals surface area contributed by atoms with Crippen molar-refractivity contribution in [3.63, 3.8) is 0 Å². The van der Waals surface area contributed by atoms with Gasteiger partial charge in [-0.25, -0.2) is 0 Å². The summed E-state index contributed by atoms with van der Waals surface area (Å²) in [4.78, 5) is 1.41. The minimum Gasteiger partial charge on any atom is -0.392 e. The van der Waals surface area contributed by atoms with E-state index >= 15 is 0 Å². The topological polar surface area (TPSA) is 32.3 Å². The highest BCUT2D eigenvalue weighted by Crippen LogP contribution is 2.36. The SMILES string of the molecule is OC1CCCCCC1NC1CCSc2ccccc21. The van der Waals surface area contributed by atoms with Crippen LogP contribution >= 0.6 is 11.8 Å². The quantitative estimate of drug-likeness (QED) is 0.811. The van der Waals surface area contributed by atoms with Gasteiger partial charge in [-0.1, -0.05) is 37.5 Å². The highest BCUT2D eigenvalue weighted by atomic mass is 32.2. The normalized spacial score (nSPS) is 31.5. The maximum Gasteiger partial charge on any atom is 0.0693 e. The molecule has 1 aromatic carbocycles. The number of fused-ring (bicyclic) bond motifs is 1. The molecule has 3 atom stereocenters. The lowest BCUT2D eigenvalue weighted by Gasteiger charge is -2.31. The van der Waals surface area contributed by atoms with Gasteiger partial charge < -0.3 is 10.4 Å². The van der Waals surface area contributed by atoms with Crippen LogP contribution in [0.4, 0.5) is 0 Å². The van der Waals surface area contributed by atoms with Crippen LogP contribution in [0.15, 0.2) is 29.2 Å². The molecule has 2 nitrogen and oxygen atoms in total. The van der Waals surface area contributed by atoms with Crippen LogP contribution in [0.2, 0.25) is 0 Å². The van der Waals surface area contributed by atoms with Gasteiger partial charge in [-0.2, -0.15) is 0 Å². The predicted octanol–water partition coefficient (Wildman–Crippen LogP) is 3.51. The summed E-state index contributed by atoms with van der Waals surface area (Å²) in [7, 11) is 0. The van der Waals surface area contributed by atoms with Gasteiger partial charge in [0.25, 0.3) is 0 Å². The fraction of sp³-hybridized carbons (Fsp3) is 0.625. The summed E-state index contributed by atoms with van der Waals surface area (Å²) in [5.41, 5.74) is 1.43. The smallest absolute Gasteiger partial charge is 0.0693 e. The molecule has 2 N–H and O–H groups in total. The van der Waals surface area contributed by atoms with Crippen molar-refractivity contribution in [1.82, 2.24) is 5.32 Å². The number of rotatable bonds is 2. The van der Waals surface area contributed by atoms with Crippen LogP contribution in [0.3, 0.4) is 0 Å². The van der Waals surface area contributed by atoms with Crippen LogP contribution < -0.4 is 5.32 Å². The Balaban J connectivity index is 1.73. The standard InChI is InChI=1S/C16H23NOS/c18-15-8-3-1-2-7-14(15)17-13-10-11-19-16-9-5-4-6-12(13)16/h4-6,9,13-15,17-18H,1-3,7-8,10-11H2. The summed E-state index contributed by atoms with van der Waals surface area (Å²) < 4.78 is 0. The summed E-state index contributed by atoms with van der Waals surface area (Å²) in [5, 5.41) is 14.0. The average molecular weight is 277 g/mol. The Labute approximate surface area is 120 Å². The third-order valence-corrected chi connectivity index (χ3v) is 5.48. The second-order valence-electron chi connectivity index (χ2n) is 5.71. The minimum absolute atomic E-state index is 0.163. The number of aliphatic hydroxyl groups is 1. The van der Waals surface area contributed by atoms with Crippen LogP contribution in [0.5, 0.6) is 0 Å². The molecule has 1 aliphatic carbocycles. The molecule has 3 rings (SSSR count). The monoisotopic (exact) mass is 277 g/mol. The van der Waals surface area contributed by atoms with E-state index in [0.29, 0.717) is 6.04 Å². The molecule has 1 saturated carbocycles. The van der Waals surface area contributed by atoms with E-state index in [1.54, 1.807) is 0 Å². The molecular weight excluding hydrogens is 254 g/mol. The Morgan fingerprint density at radius 3 is 2.84 bits per heavy atom. The van der Waals surface area contributed by atoms with Crippen molar-refractivity contribution in [2.24, 2.45) is 0 Å². The van der Waals surface area contributed by atoms with Crippen molar-refractivity contribution >= 4 is 11.8 Å². The van der Waals surface area contributed by atoms with Gasteiger partial charge in [0.1, 0.15) is 0 Å². The van der Waals surface area contributed by atoms with E-state index in [2.05, 4.69) is 29.6 Å². The molecule has 1 fully saturated rings. The molecule has 0 saturated heterocycles. The fourth-order valence-electron chi connectivity index (χ4n) is 3.26. The number of benzene rings is 1. The molecule has 19 heavy (non-hydrogen) atoms. The number of hydrogen-bond acceptors (Lipinski definition) is 3. The van der Waals surface area contributed by atoms with Crippen molar-refractivity contribution in [3.05, 3.63) is 29.8 Å². The molecule has 3 unspecified atom stereocenters. The molecule has 0 amide bonds. The van der Waals surface area contributed by atoms with Gasteiger partial charge >= 0.3 is 0 Å². The first-order valence-corrected chi connectivity index (χ1v) is 8.49. The zero-order valence-electron chi connectivity index (χ0n) is 11.3. The second kappa shape index (κ2) is 6.29. The summed E-state index contributed by atoms with van der Waals surface area (Å²) >= 11 is 1.96. The van der Waals surface area contributed by atoms with E-state index in [9.17, 15) is 5.11 Å². The Morgan fingerprint density at radius 1 is 1.05 bits per heavy atom. The Kier molecular flexibility index (Phi) is 4.46. The van der Waals surface area contributed by atoms with Crippen molar-refractivity contribution in [1.29, 1.82) is 0 Å². The van der Waals surface area contributed by atoms with Gasteiger partial charge in [0.2, 0.25) is 0 Å². The van der Waals surface area contributed by atoms with E-state index in [1.165, 1.54) is 41.9 Å². The predicted molar refractivity (Wildman–Crippen MR) is 80.5 cm³/mol. The molecular formula is C16H23NOS. The summed E-state index contributed by atoms with van der Waals surface area (Å²) in [6.45, 7) is 0. The van der Waals surface area contributed by atoms with E-state index in [0.717, 1.165) is 12.8 Å². The van der Waals surface area contributed by atoms with E-state index < -0.39 is 0 Å². The summed E-state index contributed by atoms with van der Waals surface area (Å²) in [6, 6.07) is 9.41. The molecule has 3 heteroatoms. The van der Waals surface area contributed by atoms with Crippen LogP contribution in [0, 0.1) is 0 Å². The van der Waals surface area contributed by atoms with Crippen molar-refractivity contribution < 1.29 is 5.11 Å². The average Bonchev–Trinajstić information content (AvgIpc) is 2.65. The summed E-state index contributed by atoms with van der Waals surface area (Å²) in [5.74, 6) is 1.18. The van der Waals surface area contributed by atoms with Crippen LogP contribution in [0.25, 0.3) is 0 Å². The number of nitrogens with one attached hydrogen (secondary N) is 1. The van der Waals surface area contributed by atoms with E-state index in [-0.39, 0.29) is 12.1 Å². The maximum atomic E-state index is 10.3. The van der Waals surface area contributed by atoms with Crippen molar-refractivity contribution in [3.8, 4) is 0 Å². The maximum absolute atomic E-state index is 10.3. The molecule has 1 aliphatic heterocycles. The van der Waals surface area contributed by atoms with E-state index in [1.807, 2.05) is 11.8 Å². The lowest BCUT2D eigenvalue weighted by atomic mass is 9.99. The largest absolute Gasteiger partial charge is 0.392 e. The van der Waals surface area contributed by atoms with Crippen LogP contribution in [-0.4, -0.2) is 23.0 Å². The highest BCUT2D eigenvalue weighted by Gasteiger charge is 2.27. The van der Waals surface area contributed by atoms with Crippen molar-refractivity contribution in [2.45, 2.75) is 61.6 Å². The minimum atomic E-state index is -0.163. The van der Waals surface area contributed by atoms with Crippen LogP contribution in [0.1, 0.15) is 50.1 Å². The molecule has 2 aliphatic rings. The third-order valence-electron chi connectivity index (χ3n) is 4.35. The lowest BCUT2D eigenvalue weighted by molar-refractivity contribution is 0.113. The van der Waals surface area contributed by atoms with Gasteiger partial charge in [0, 0.05) is 17.0 Å². The van der Waals surface area contributed by atoms with Gasteiger partial charge in [0.15, 0.2) is 0 Å². The zero-order chi connectivity index (χ0) is 13.1. The lowest BCUT2D eigenvalue weighted by Crippen LogP contribution is -2.42. The fourth-order valence-corrected chi connectivity index (χ4v) is 4.38. The third kappa shape index (κ3) is 3.15. The van der Waals surface area contributed by atoms with Gasteiger partial charge in [-0.15, -0.1) is 11.8 Å². The second-order valence-corrected chi connectivity index (χ2v) is 6.84. The molecule has 0 radical (unpaired) electrons. The van der Waals surface area contributed by atoms with Crippen LogP contribution in [-0.2, 0) is 0 Å². The first kappa shape index (κ1) is 13.5. The van der Waals surface area contributed by atoms with Gasteiger partial charge in [-0.3, -0.25) is 0 Å². The molecule has 0 aromatic heterocycles. The number of aliphatic hydroxyl groups excluding tert-OH is 1. The Morgan fingerprint density at radius 2 is 1.89 bits per heavy atom. The Bertz CT molecular complexity index is 423. The number of thioether (sulfide) groups is 1. The van der Waals surface area contributed by atoms with E-state index in [4.69, 9.17) is 0 Å². The number of hydrogen-bond donors (Lipinski definition) is 2. The van der Waals surface area contributed by atoms with Gasteiger partial charge in [-0.05, 0) is 36.6 Å². The molecule has 1 heterocycles. The van der Waals surface area contributed by atoms with Crippen molar-refractivity contribution in [2.75, 3.05) is 5.75 Å². The zero-order valence-corrected chi connectivity index (χ0v) is 12.2. The first-order valence-electron chi connectivity index (χ1n) is 7.50. The van der Waals surface area contributed by atoms with Gasteiger partial charge in [0.05, 0.1) is 6.10 Å². The molecule has 0 bridgehead atoms. The molecule has 1 aromatic rings. The Hall–Kier alpha value is -0.510. The first-order chi connectivity index (χ1) is 9.34. The highest BCUT2D eigenvalue weighted by molar-refractivity contribution is 7.99. The molecule has 104 valence electrons. The summed E-state index contributed by atoms with van der Waals surface area (Å²) in [6.07, 6.45) is 6.78.